The van der Waals surface area contributed by atoms with Gasteiger partial charge in [0.15, 0.2) is 15.6 Å². The van der Waals surface area contributed by atoms with Gasteiger partial charge in [-0.05, 0) is 47.5 Å². The zero-order valence-electron chi connectivity index (χ0n) is 12.5. The maximum Gasteiger partial charge on any atom is 0.179 e. The molecule has 0 radical (unpaired) electrons. The number of sulfone groups is 1. The quantitative estimate of drug-likeness (QED) is 0.749. The van der Waals surface area contributed by atoms with Crippen LogP contribution in [0.5, 0.6) is 0 Å². The van der Waals surface area contributed by atoms with Crippen LogP contribution in [0.3, 0.4) is 0 Å². The lowest BCUT2D eigenvalue weighted by atomic mass is 10.2. The number of allylic oxidation sites excluding steroid dienone is 1. The third-order valence-electron chi connectivity index (χ3n) is 3.01. The Balaban J connectivity index is 1.98. The van der Waals surface area contributed by atoms with E-state index in [4.69, 9.17) is 0 Å². The average Bonchev–Trinajstić information content (AvgIpc) is 2.53. The molecule has 0 atom stereocenters. The van der Waals surface area contributed by atoms with Gasteiger partial charge in [-0.1, -0.05) is 30.3 Å². The first-order valence-electron chi connectivity index (χ1n) is 6.97. The third kappa shape index (κ3) is 5.89. The molecule has 0 amide bonds. The van der Waals surface area contributed by atoms with Crippen LogP contribution in [0.1, 0.15) is 11.1 Å². The minimum absolute atomic E-state index is 0.396. The second-order valence-electron chi connectivity index (χ2n) is 5.01. The molecule has 2 aromatic carbocycles. The molecule has 0 bridgehead atoms. The Morgan fingerprint density at radius 2 is 1.29 bits per heavy atom. The van der Waals surface area contributed by atoms with E-state index >= 15 is 0 Å². The highest BCUT2D eigenvalue weighted by molar-refractivity contribution is 7.95. The van der Waals surface area contributed by atoms with E-state index in [1.165, 1.54) is 60.7 Å². The highest BCUT2D eigenvalue weighted by atomic mass is 32.2. The first-order valence-corrected chi connectivity index (χ1v) is 8.68. The Hall–Kier alpha value is -2.60. The molecule has 2 rings (SSSR count). The summed E-state index contributed by atoms with van der Waals surface area (Å²) in [4.78, 5) is 11.7. The molecule has 0 saturated carbocycles. The maximum atomic E-state index is 12.8. The molecule has 24 heavy (non-hydrogen) atoms. The van der Waals surface area contributed by atoms with Crippen molar-refractivity contribution in [1.82, 2.24) is 0 Å². The summed E-state index contributed by atoms with van der Waals surface area (Å²) in [5.41, 5.74) is 1.10. The van der Waals surface area contributed by atoms with Crippen LogP contribution < -0.4 is 0 Å². The van der Waals surface area contributed by atoms with E-state index in [0.29, 0.717) is 11.1 Å². The molecule has 0 heterocycles. The fourth-order valence-corrected chi connectivity index (χ4v) is 2.77. The lowest BCUT2D eigenvalue weighted by Gasteiger charge is -1.97. The van der Waals surface area contributed by atoms with Crippen molar-refractivity contribution in [3.8, 4) is 0 Å². The standard InChI is InChI=1S/C18H14F2O3S/c19-16-6-1-14(2-7-16)5-10-18(21)13-24(22,23)12-11-15-3-8-17(20)9-4-15/h1-12H,13H2/b10-5+,12-11+. The molecule has 0 saturated heterocycles. The lowest BCUT2D eigenvalue weighted by molar-refractivity contribution is -0.112. The topological polar surface area (TPSA) is 51.2 Å². The summed E-state index contributed by atoms with van der Waals surface area (Å²) in [6, 6.07) is 10.7. The zero-order valence-corrected chi connectivity index (χ0v) is 13.3. The number of hydrogen-bond acceptors (Lipinski definition) is 3. The highest BCUT2D eigenvalue weighted by Crippen LogP contribution is 2.08. The smallest absolute Gasteiger partial charge is 0.179 e. The van der Waals surface area contributed by atoms with Crippen molar-refractivity contribution in [2.24, 2.45) is 0 Å². The van der Waals surface area contributed by atoms with Crippen molar-refractivity contribution in [1.29, 1.82) is 0 Å². The normalized spacial score (nSPS) is 12.1. The van der Waals surface area contributed by atoms with Gasteiger partial charge < -0.3 is 0 Å². The molecule has 0 N–H and O–H groups in total. The van der Waals surface area contributed by atoms with Gasteiger partial charge in [0.25, 0.3) is 0 Å². The van der Waals surface area contributed by atoms with Crippen LogP contribution in [0.2, 0.25) is 0 Å². The molecule has 0 unspecified atom stereocenters. The van der Waals surface area contributed by atoms with E-state index < -0.39 is 33.0 Å². The summed E-state index contributed by atoms with van der Waals surface area (Å²) < 4.78 is 49.3. The minimum Gasteiger partial charge on any atom is -0.294 e. The van der Waals surface area contributed by atoms with Crippen LogP contribution in [-0.2, 0) is 14.6 Å². The van der Waals surface area contributed by atoms with Crippen molar-refractivity contribution in [3.05, 3.63) is 82.8 Å². The van der Waals surface area contributed by atoms with Crippen molar-refractivity contribution in [2.45, 2.75) is 0 Å². The van der Waals surface area contributed by atoms with Crippen LogP contribution in [0.4, 0.5) is 8.78 Å². The predicted molar refractivity (Wildman–Crippen MR) is 89.7 cm³/mol. The zero-order chi connectivity index (χ0) is 17.6. The molecule has 0 spiro atoms. The molecule has 124 valence electrons. The van der Waals surface area contributed by atoms with Crippen LogP contribution in [0.25, 0.3) is 12.2 Å². The van der Waals surface area contributed by atoms with Gasteiger partial charge in [0.05, 0.1) is 0 Å². The number of ketones is 1. The Morgan fingerprint density at radius 1 is 0.833 bits per heavy atom. The summed E-state index contributed by atoms with van der Waals surface area (Å²) in [6.07, 6.45) is 3.85. The van der Waals surface area contributed by atoms with Gasteiger partial charge in [-0.2, -0.15) is 0 Å². The number of carbonyl (C=O) groups excluding carboxylic acids is 1. The molecule has 0 aliphatic rings. The molecule has 6 heteroatoms. The first kappa shape index (κ1) is 17.7. The molecule has 3 nitrogen and oxygen atoms in total. The number of halogens is 2. The van der Waals surface area contributed by atoms with Crippen LogP contribution in [0, 0.1) is 11.6 Å². The van der Waals surface area contributed by atoms with E-state index in [-0.39, 0.29) is 0 Å². The van der Waals surface area contributed by atoms with Gasteiger partial charge in [0, 0.05) is 5.41 Å². The predicted octanol–water partition coefficient (Wildman–Crippen LogP) is 3.63. The van der Waals surface area contributed by atoms with Crippen LogP contribution in [0.15, 0.2) is 60.0 Å². The Morgan fingerprint density at radius 3 is 1.79 bits per heavy atom. The highest BCUT2D eigenvalue weighted by Gasteiger charge is 2.11. The van der Waals surface area contributed by atoms with Gasteiger partial charge in [-0.25, -0.2) is 17.2 Å². The number of hydrogen-bond donors (Lipinski definition) is 0. The van der Waals surface area contributed by atoms with E-state index in [1.54, 1.807) is 0 Å². The van der Waals surface area contributed by atoms with Crippen molar-refractivity contribution < 1.29 is 22.0 Å². The van der Waals surface area contributed by atoms with E-state index in [9.17, 15) is 22.0 Å². The summed E-state index contributed by atoms with van der Waals surface area (Å²) >= 11 is 0. The maximum absolute atomic E-state index is 12.8. The molecule has 0 aliphatic heterocycles. The van der Waals surface area contributed by atoms with Crippen LogP contribution >= 0.6 is 0 Å². The van der Waals surface area contributed by atoms with Gasteiger partial charge >= 0.3 is 0 Å². The second-order valence-corrected chi connectivity index (χ2v) is 6.90. The summed E-state index contributed by atoms with van der Waals surface area (Å²) in [5.74, 6) is -2.09. The van der Waals surface area contributed by atoms with Crippen molar-refractivity contribution >= 4 is 27.8 Å². The van der Waals surface area contributed by atoms with Gasteiger partial charge in [0.1, 0.15) is 17.4 Å². The molecule has 0 aromatic heterocycles. The molecular formula is C18H14F2O3S. The molecule has 0 fully saturated rings. The SMILES string of the molecule is O=C(/C=C/c1ccc(F)cc1)CS(=O)(=O)/C=C/c1ccc(F)cc1. The third-order valence-corrected chi connectivity index (χ3v) is 4.25. The number of rotatable bonds is 6. The van der Waals surface area contributed by atoms with E-state index in [2.05, 4.69) is 0 Å². The molecule has 0 aliphatic carbocycles. The lowest BCUT2D eigenvalue weighted by Crippen LogP contribution is -2.11. The molecule has 2 aromatic rings. The van der Waals surface area contributed by atoms with Crippen molar-refractivity contribution in [3.63, 3.8) is 0 Å². The fraction of sp³-hybridized carbons (Fsp3) is 0.0556. The largest absolute Gasteiger partial charge is 0.294 e. The number of carbonyl (C=O) groups is 1. The van der Waals surface area contributed by atoms with Crippen LogP contribution in [-0.4, -0.2) is 20.0 Å². The Bertz CT molecular complexity index is 865. The van der Waals surface area contributed by atoms with Gasteiger partial charge in [-0.15, -0.1) is 0 Å². The summed E-state index contributed by atoms with van der Waals surface area (Å²) in [5, 5.41) is 0.921. The Kier molecular flexibility index (Phi) is 5.76. The first-order chi connectivity index (χ1) is 11.3. The van der Waals surface area contributed by atoms with Crippen molar-refractivity contribution in [2.75, 3.05) is 5.75 Å². The van der Waals surface area contributed by atoms with E-state index in [0.717, 1.165) is 11.5 Å². The Labute approximate surface area is 138 Å². The minimum atomic E-state index is -3.74. The average molecular weight is 348 g/mol. The monoisotopic (exact) mass is 348 g/mol. The molecular weight excluding hydrogens is 334 g/mol. The van der Waals surface area contributed by atoms with E-state index in [1.807, 2.05) is 0 Å². The fourth-order valence-electron chi connectivity index (χ4n) is 1.81. The van der Waals surface area contributed by atoms with Gasteiger partial charge in [0.2, 0.25) is 0 Å². The number of benzene rings is 2. The van der Waals surface area contributed by atoms with Gasteiger partial charge in [-0.3, -0.25) is 4.79 Å². The summed E-state index contributed by atoms with van der Waals surface area (Å²) in [7, 11) is -3.74. The second kappa shape index (κ2) is 7.79. The summed E-state index contributed by atoms with van der Waals surface area (Å²) in [6.45, 7) is 0.